The van der Waals surface area contributed by atoms with Crippen LogP contribution in [0.25, 0.3) is 4.96 Å². The fourth-order valence-electron chi connectivity index (χ4n) is 3.58. The minimum atomic E-state index is -0.249. The van der Waals surface area contributed by atoms with Crippen molar-refractivity contribution >= 4 is 16.3 Å². The lowest BCUT2D eigenvalue weighted by Gasteiger charge is -2.36. The third-order valence-corrected chi connectivity index (χ3v) is 6.18. The maximum absolute atomic E-state index is 10.9. The zero-order chi connectivity index (χ0) is 19.0. The molecule has 0 amide bonds. The van der Waals surface area contributed by atoms with Crippen LogP contribution in [0.2, 0.25) is 0 Å². The van der Waals surface area contributed by atoms with Crippen LogP contribution in [0.3, 0.4) is 0 Å². The number of nitrogens with zero attached hydrogens (tertiary/aromatic N) is 4. The van der Waals surface area contributed by atoms with Crippen molar-refractivity contribution in [2.24, 2.45) is 0 Å². The molecule has 3 heterocycles. The van der Waals surface area contributed by atoms with E-state index in [4.69, 9.17) is 4.74 Å². The first-order valence-corrected chi connectivity index (χ1v) is 10.1. The highest BCUT2D eigenvalue weighted by atomic mass is 32.1. The Morgan fingerprint density at radius 2 is 1.96 bits per heavy atom. The summed E-state index contributed by atoms with van der Waals surface area (Å²) in [5.74, 6) is 1.67. The van der Waals surface area contributed by atoms with Crippen molar-refractivity contribution in [1.29, 1.82) is 0 Å². The molecular weight excluding hydrogens is 364 g/mol. The van der Waals surface area contributed by atoms with E-state index in [0.717, 1.165) is 54.4 Å². The number of likely N-dealkylation sites (tertiary alicyclic amines) is 1. The molecule has 0 bridgehead atoms. The van der Waals surface area contributed by atoms with Gasteiger partial charge in [-0.05, 0) is 30.5 Å². The second kappa shape index (κ2) is 7.46. The van der Waals surface area contributed by atoms with E-state index in [2.05, 4.69) is 15.0 Å². The number of rotatable bonds is 5. The zero-order valence-electron chi connectivity index (χ0n) is 15.5. The maximum atomic E-state index is 10.9. The van der Waals surface area contributed by atoms with Crippen LogP contribution in [-0.4, -0.2) is 56.0 Å². The molecule has 1 saturated heterocycles. The van der Waals surface area contributed by atoms with Gasteiger partial charge < -0.3 is 14.9 Å². The molecule has 4 rings (SSSR count). The number of fused-ring (bicyclic) bond motifs is 1. The van der Waals surface area contributed by atoms with E-state index in [1.54, 1.807) is 7.11 Å². The molecule has 0 aliphatic carbocycles. The second-order valence-electron chi connectivity index (χ2n) is 6.81. The van der Waals surface area contributed by atoms with Crippen molar-refractivity contribution in [3.8, 4) is 11.6 Å². The normalized spacial score (nSPS) is 17.4. The van der Waals surface area contributed by atoms with Gasteiger partial charge in [0.15, 0.2) is 5.82 Å². The SMILES string of the molecule is CCc1nc2sc([C@H](c3ccc(OC)cc3)N3CCC(O)CC3)c(O)n2n1. The van der Waals surface area contributed by atoms with Crippen molar-refractivity contribution in [2.75, 3.05) is 20.2 Å². The van der Waals surface area contributed by atoms with Crippen molar-refractivity contribution in [1.82, 2.24) is 19.5 Å². The molecule has 7 nitrogen and oxygen atoms in total. The first kappa shape index (κ1) is 18.2. The predicted octanol–water partition coefficient (Wildman–Crippen LogP) is 2.61. The Balaban J connectivity index is 1.77. The van der Waals surface area contributed by atoms with Gasteiger partial charge in [-0.15, -0.1) is 5.10 Å². The second-order valence-corrected chi connectivity index (χ2v) is 7.82. The highest BCUT2D eigenvalue weighted by Crippen LogP contribution is 2.41. The fraction of sp³-hybridized carbons (Fsp3) is 0.474. The number of ether oxygens (including phenoxy) is 1. The van der Waals surface area contributed by atoms with Crippen LogP contribution in [0, 0.1) is 0 Å². The number of aliphatic hydroxyl groups excluding tert-OH is 1. The van der Waals surface area contributed by atoms with Crippen LogP contribution < -0.4 is 4.74 Å². The summed E-state index contributed by atoms with van der Waals surface area (Å²) in [6.45, 7) is 3.53. The average molecular weight is 388 g/mol. The summed E-state index contributed by atoms with van der Waals surface area (Å²) >= 11 is 1.47. The van der Waals surface area contributed by atoms with Gasteiger partial charge in [-0.3, -0.25) is 4.90 Å². The summed E-state index contributed by atoms with van der Waals surface area (Å²) in [7, 11) is 1.65. The van der Waals surface area contributed by atoms with Crippen molar-refractivity contribution in [3.63, 3.8) is 0 Å². The Labute approximate surface area is 161 Å². The molecule has 2 N–H and O–H groups in total. The first-order chi connectivity index (χ1) is 13.1. The lowest BCUT2D eigenvalue weighted by Crippen LogP contribution is -2.38. The van der Waals surface area contributed by atoms with E-state index in [1.165, 1.54) is 15.9 Å². The van der Waals surface area contributed by atoms with E-state index in [1.807, 2.05) is 31.2 Å². The van der Waals surface area contributed by atoms with Crippen LogP contribution >= 0.6 is 11.3 Å². The molecule has 0 saturated carbocycles. The highest BCUT2D eigenvalue weighted by molar-refractivity contribution is 7.17. The summed E-state index contributed by atoms with van der Waals surface area (Å²) in [6, 6.07) is 7.82. The molecule has 27 heavy (non-hydrogen) atoms. The third kappa shape index (κ3) is 3.40. The molecule has 0 radical (unpaired) electrons. The van der Waals surface area contributed by atoms with Crippen molar-refractivity contribution in [2.45, 2.75) is 38.3 Å². The summed E-state index contributed by atoms with van der Waals surface area (Å²) in [4.78, 5) is 8.34. The van der Waals surface area contributed by atoms with Gasteiger partial charge in [-0.1, -0.05) is 30.4 Å². The van der Waals surface area contributed by atoms with E-state index in [9.17, 15) is 10.2 Å². The number of hydrogen-bond acceptors (Lipinski definition) is 7. The molecule has 1 aliphatic heterocycles. The van der Waals surface area contributed by atoms with Crippen molar-refractivity contribution < 1.29 is 14.9 Å². The number of aliphatic hydroxyl groups is 1. The van der Waals surface area contributed by atoms with E-state index < -0.39 is 0 Å². The topological polar surface area (TPSA) is 83.1 Å². The monoisotopic (exact) mass is 388 g/mol. The molecule has 1 aliphatic rings. The lowest BCUT2D eigenvalue weighted by atomic mass is 9.99. The molecule has 8 heteroatoms. The number of benzene rings is 1. The Kier molecular flexibility index (Phi) is 5.03. The summed E-state index contributed by atoms with van der Waals surface area (Å²) in [5.41, 5.74) is 1.07. The Bertz CT molecular complexity index is 913. The van der Waals surface area contributed by atoms with Crippen molar-refractivity contribution in [3.05, 3.63) is 40.5 Å². The number of thiazole rings is 1. The van der Waals surface area contributed by atoms with Gasteiger partial charge in [-0.25, -0.2) is 4.98 Å². The molecule has 3 aromatic rings. The quantitative estimate of drug-likeness (QED) is 0.699. The number of aromatic nitrogens is 3. The van der Waals surface area contributed by atoms with E-state index in [0.29, 0.717) is 4.96 Å². The largest absolute Gasteiger partial charge is 0.497 e. The van der Waals surface area contributed by atoms with Crippen LogP contribution in [0.15, 0.2) is 24.3 Å². The van der Waals surface area contributed by atoms with Gasteiger partial charge in [-0.2, -0.15) is 4.52 Å². The van der Waals surface area contributed by atoms with Gasteiger partial charge in [0, 0.05) is 19.5 Å². The first-order valence-electron chi connectivity index (χ1n) is 9.24. The van der Waals surface area contributed by atoms with Crippen LogP contribution in [-0.2, 0) is 6.42 Å². The Morgan fingerprint density at radius 1 is 1.26 bits per heavy atom. The minimum absolute atomic E-state index is 0.109. The molecule has 144 valence electrons. The summed E-state index contributed by atoms with van der Waals surface area (Å²) < 4.78 is 6.82. The Hall–Kier alpha value is -2.16. The van der Waals surface area contributed by atoms with Gasteiger partial charge in [0.25, 0.3) is 0 Å². The molecule has 1 fully saturated rings. The summed E-state index contributed by atoms with van der Waals surface area (Å²) in [6.07, 6.45) is 1.94. The molecule has 1 atom stereocenters. The minimum Gasteiger partial charge on any atom is -0.497 e. The number of hydrogen-bond donors (Lipinski definition) is 2. The molecule has 0 unspecified atom stereocenters. The van der Waals surface area contributed by atoms with Gasteiger partial charge in [0.2, 0.25) is 10.8 Å². The fourth-order valence-corrected chi connectivity index (χ4v) is 4.71. The van der Waals surface area contributed by atoms with Gasteiger partial charge in [0.1, 0.15) is 5.75 Å². The van der Waals surface area contributed by atoms with Gasteiger partial charge in [0.05, 0.1) is 24.1 Å². The number of methoxy groups -OCH3 is 1. The standard InChI is InChI=1S/C19H24N4O3S/c1-3-15-20-19-23(21-15)18(25)17(27-19)16(22-10-8-13(24)9-11-22)12-4-6-14(26-2)7-5-12/h4-7,13,16,24-25H,3,8-11H2,1-2H3/t16-/m0/s1. The van der Waals surface area contributed by atoms with Crippen LogP contribution in [0.5, 0.6) is 11.6 Å². The lowest BCUT2D eigenvalue weighted by molar-refractivity contribution is 0.0689. The third-order valence-electron chi connectivity index (χ3n) is 5.10. The number of aromatic hydroxyl groups is 1. The summed E-state index contributed by atoms with van der Waals surface area (Å²) in [5, 5.41) is 25.2. The van der Waals surface area contributed by atoms with E-state index in [-0.39, 0.29) is 18.0 Å². The predicted molar refractivity (Wildman–Crippen MR) is 104 cm³/mol. The molecule has 0 spiro atoms. The maximum Gasteiger partial charge on any atom is 0.230 e. The number of piperidine rings is 1. The Morgan fingerprint density at radius 3 is 2.56 bits per heavy atom. The molecular formula is C19H24N4O3S. The number of aryl methyl sites for hydroxylation is 1. The van der Waals surface area contributed by atoms with Crippen LogP contribution in [0.1, 0.15) is 42.1 Å². The van der Waals surface area contributed by atoms with Gasteiger partial charge >= 0.3 is 0 Å². The highest BCUT2D eigenvalue weighted by Gasteiger charge is 2.31. The van der Waals surface area contributed by atoms with E-state index >= 15 is 0 Å². The van der Waals surface area contributed by atoms with Crippen LogP contribution in [0.4, 0.5) is 0 Å². The molecule has 1 aromatic carbocycles. The average Bonchev–Trinajstić information content (AvgIpc) is 3.23. The molecule has 2 aromatic heterocycles. The zero-order valence-corrected chi connectivity index (χ0v) is 16.3. The smallest absolute Gasteiger partial charge is 0.230 e.